The largest absolute Gasteiger partial charge is 0.342 e. The predicted molar refractivity (Wildman–Crippen MR) is 92.3 cm³/mol. The summed E-state index contributed by atoms with van der Waals surface area (Å²) in [5.74, 6) is -0.0684. The molecular weight excluding hydrogens is 298 g/mol. The monoisotopic (exact) mass is 323 g/mol. The second-order valence-corrected chi connectivity index (χ2v) is 5.83. The minimum atomic E-state index is -0.114. The van der Waals surface area contributed by atoms with Crippen LogP contribution in [0, 0.1) is 0 Å². The number of hydrogen-bond acceptors (Lipinski definition) is 4. The number of nitrogens with one attached hydrogen (secondary N) is 1. The molecule has 5 nitrogen and oxygen atoms in total. The summed E-state index contributed by atoms with van der Waals surface area (Å²) in [7, 11) is 1.78. The molecule has 0 aromatic heterocycles. The Kier molecular flexibility index (Phi) is 7.98. The maximum absolute atomic E-state index is 12.1. The summed E-state index contributed by atoms with van der Waals surface area (Å²) in [6.45, 7) is 5.73. The van der Waals surface area contributed by atoms with Crippen molar-refractivity contribution in [3.05, 3.63) is 24.3 Å². The smallest absolute Gasteiger partial charge is 0.238 e. The number of benzene rings is 1. The van der Waals surface area contributed by atoms with E-state index >= 15 is 0 Å². The molecular formula is C16H25N3O2S. The Bertz CT molecular complexity index is 504. The highest BCUT2D eigenvalue weighted by Crippen LogP contribution is 2.24. The number of carbonyl (C=O) groups excluding carboxylic acids is 2. The van der Waals surface area contributed by atoms with E-state index in [9.17, 15) is 9.59 Å². The van der Waals surface area contributed by atoms with Crippen LogP contribution in [-0.2, 0) is 9.59 Å². The summed E-state index contributed by atoms with van der Waals surface area (Å²) in [5.41, 5.74) is 0.809. The first-order valence-corrected chi connectivity index (χ1v) is 8.63. The highest BCUT2D eigenvalue weighted by Gasteiger charge is 2.15. The molecule has 0 aliphatic rings. The molecule has 0 spiro atoms. The van der Waals surface area contributed by atoms with Gasteiger partial charge >= 0.3 is 0 Å². The van der Waals surface area contributed by atoms with Gasteiger partial charge in [0.25, 0.3) is 0 Å². The second-order valence-electron chi connectivity index (χ2n) is 4.99. The molecule has 1 aromatic carbocycles. The summed E-state index contributed by atoms with van der Waals surface area (Å²) in [4.78, 5) is 28.6. The van der Waals surface area contributed by atoms with E-state index in [2.05, 4.69) is 5.32 Å². The number of likely N-dealkylation sites (N-methyl/N-ethyl adjacent to an activating group) is 2. The van der Waals surface area contributed by atoms with Gasteiger partial charge in [-0.25, -0.2) is 0 Å². The van der Waals surface area contributed by atoms with Crippen LogP contribution >= 0.6 is 11.8 Å². The van der Waals surface area contributed by atoms with Crippen molar-refractivity contribution in [1.82, 2.24) is 9.80 Å². The van der Waals surface area contributed by atoms with Crippen LogP contribution in [0.1, 0.15) is 13.8 Å². The fraction of sp³-hybridized carbons (Fsp3) is 0.500. The highest BCUT2D eigenvalue weighted by atomic mass is 32.2. The molecule has 1 aromatic rings. The van der Waals surface area contributed by atoms with E-state index in [1.54, 1.807) is 28.6 Å². The lowest BCUT2D eigenvalue weighted by Gasteiger charge is -2.22. The zero-order chi connectivity index (χ0) is 16.5. The van der Waals surface area contributed by atoms with Crippen molar-refractivity contribution in [3.63, 3.8) is 0 Å². The van der Waals surface area contributed by atoms with Gasteiger partial charge in [0.15, 0.2) is 0 Å². The lowest BCUT2D eigenvalue weighted by Crippen LogP contribution is -2.41. The molecule has 1 rings (SSSR count). The van der Waals surface area contributed by atoms with Gasteiger partial charge in [0.1, 0.15) is 0 Å². The van der Waals surface area contributed by atoms with Gasteiger partial charge < -0.3 is 10.2 Å². The third-order valence-electron chi connectivity index (χ3n) is 3.32. The van der Waals surface area contributed by atoms with Crippen molar-refractivity contribution in [3.8, 4) is 0 Å². The van der Waals surface area contributed by atoms with Gasteiger partial charge in [-0.2, -0.15) is 0 Å². The van der Waals surface area contributed by atoms with E-state index in [0.29, 0.717) is 13.1 Å². The molecule has 0 saturated carbocycles. The molecule has 6 heteroatoms. The first-order chi connectivity index (χ1) is 10.5. The Balaban J connectivity index is 2.52. The Morgan fingerprint density at radius 3 is 2.36 bits per heavy atom. The number of carbonyl (C=O) groups is 2. The third-order valence-corrected chi connectivity index (χ3v) is 4.11. The topological polar surface area (TPSA) is 52.7 Å². The summed E-state index contributed by atoms with van der Waals surface area (Å²) < 4.78 is 0. The standard InChI is InChI=1S/C16H25N3O2S/c1-5-19(6-2)16(21)12-18(3)11-15(20)17-13-9-7-8-10-14(13)22-4/h7-10H,5-6,11-12H2,1-4H3,(H,17,20). The zero-order valence-corrected chi connectivity index (χ0v) is 14.6. The van der Waals surface area contributed by atoms with Crippen LogP contribution in [0.15, 0.2) is 29.2 Å². The van der Waals surface area contributed by atoms with Gasteiger partial charge in [0.2, 0.25) is 11.8 Å². The van der Waals surface area contributed by atoms with E-state index < -0.39 is 0 Å². The Labute approximate surface area is 137 Å². The molecule has 0 heterocycles. The number of hydrogen-bond donors (Lipinski definition) is 1. The van der Waals surface area contributed by atoms with Gasteiger partial charge in [-0.1, -0.05) is 12.1 Å². The van der Waals surface area contributed by atoms with Crippen molar-refractivity contribution in [1.29, 1.82) is 0 Å². The fourth-order valence-electron chi connectivity index (χ4n) is 2.15. The normalized spacial score (nSPS) is 10.6. The summed E-state index contributed by atoms with van der Waals surface area (Å²) in [6, 6.07) is 7.68. The van der Waals surface area contributed by atoms with E-state index in [-0.39, 0.29) is 24.9 Å². The zero-order valence-electron chi connectivity index (χ0n) is 13.8. The van der Waals surface area contributed by atoms with Crippen LogP contribution < -0.4 is 5.32 Å². The van der Waals surface area contributed by atoms with E-state index in [4.69, 9.17) is 0 Å². The molecule has 0 aliphatic carbocycles. The first-order valence-electron chi connectivity index (χ1n) is 7.41. The molecule has 0 unspecified atom stereocenters. The number of thioether (sulfide) groups is 1. The van der Waals surface area contributed by atoms with Crippen molar-refractivity contribution in [2.24, 2.45) is 0 Å². The minimum absolute atomic E-state index is 0.0461. The van der Waals surface area contributed by atoms with Crippen LogP contribution in [0.3, 0.4) is 0 Å². The number of anilines is 1. The van der Waals surface area contributed by atoms with Gasteiger partial charge in [-0.3, -0.25) is 14.5 Å². The number of rotatable bonds is 8. The van der Waals surface area contributed by atoms with E-state index in [1.165, 1.54) is 0 Å². The molecule has 122 valence electrons. The summed E-state index contributed by atoms with van der Waals surface area (Å²) in [5, 5.41) is 2.90. The van der Waals surface area contributed by atoms with Gasteiger partial charge in [-0.15, -0.1) is 11.8 Å². The van der Waals surface area contributed by atoms with Crippen LogP contribution in [0.5, 0.6) is 0 Å². The summed E-state index contributed by atoms with van der Waals surface area (Å²) >= 11 is 1.59. The van der Waals surface area contributed by atoms with E-state index in [0.717, 1.165) is 10.6 Å². The first kappa shape index (κ1) is 18.5. The number of amides is 2. The summed E-state index contributed by atoms with van der Waals surface area (Å²) in [6.07, 6.45) is 1.97. The van der Waals surface area contributed by atoms with Crippen LogP contribution in [0.25, 0.3) is 0 Å². The Morgan fingerprint density at radius 2 is 1.77 bits per heavy atom. The Morgan fingerprint density at radius 1 is 1.14 bits per heavy atom. The molecule has 2 amide bonds. The fourth-order valence-corrected chi connectivity index (χ4v) is 2.70. The van der Waals surface area contributed by atoms with Crippen molar-refractivity contribution in [2.45, 2.75) is 18.7 Å². The number of nitrogens with zero attached hydrogens (tertiary/aromatic N) is 2. The molecule has 0 saturated heterocycles. The predicted octanol–water partition coefficient (Wildman–Crippen LogP) is 2.15. The third kappa shape index (κ3) is 5.69. The molecule has 1 N–H and O–H groups in total. The second kappa shape index (κ2) is 9.48. The average molecular weight is 323 g/mol. The van der Waals surface area contributed by atoms with Crippen LogP contribution in [0.2, 0.25) is 0 Å². The van der Waals surface area contributed by atoms with Gasteiger partial charge in [-0.05, 0) is 39.3 Å². The van der Waals surface area contributed by atoms with E-state index in [1.807, 2.05) is 44.4 Å². The van der Waals surface area contributed by atoms with Crippen LogP contribution in [-0.4, -0.2) is 61.1 Å². The lowest BCUT2D eigenvalue weighted by atomic mass is 10.3. The maximum atomic E-state index is 12.1. The highest BCUT2D eigenvalue weighted by molar-refractivity contribution is 7.98. The molecule has 0 atom stereocenters. The molecule has 22 heavy (non-hydrogen) atoms. The van der Waals surface area contributed by atoms with Crippen molar-refractivity contribution < 1.29 is 9.59 Å². The molecule has 0 bridgehead atoms. The van der Waals surface area contributed by atoms with Gasteiger partial charge in [0, 0.05) is 18.0 Å². The molecule has 0 radical (unpaired) electrons. The van der Waals surface area contributed by atoms with Crippen molar-refractivity contribution in [2.75, 3.05) is 44.8 Å². The Hall–Kier alpha value is -1.53. The number of para-hydroxylation sites is 1. The van der Waals surface area contributed by atoms with Crippen LogP contribution in [0.4, 0.5) is 5.69 Å². The minimum Gasteiger partial charge on any atom is -0.342 e. The quantitative estimate of drug-likeness (QED) is 0.745. The lowest BCUT2D eigenvalue weighted by molar-refractivity contribution is -0.132. The molecule has 0 fully saturated rings. The average Bonchev–Trinajstić information content (AvgIpc) is 2.48. The molecule has 0 aliphatic heterocycles. The van der Waals surface area contributed by atoms with Crippen molar-refractivity contribution >= 4 is 29.3 Å². The van der Waals surface area contributed by atoms with Gasteiger partial charge in [0.05, 0.1) is 18.8 Å². The maximum Gasteiger partial charge on any atom is 0.238 e. The SMILES string of the molecule is CCN(CC)C(=O)CN(C)CC(=O)Nc1ccccc1SC.